The van der Waals surface area contributed by atoms with Gasteiger partial charge < -0.3 is 25.2 Å². The van der Waals surface area contributed by atoms with E-state index in [2.05, 4.69) is 50.5 Å². The monoisotopic (exact) mass is 529 g/mol. The van der Waals surface area contributed by atoms with Crippen LogP contribution in [0, 0.1) is 5.92 Å². The minimum Gasteiger partial charge on any atom is -0.497 e. The number of benzene rings is 1. The zero-order valence-electron chi connectivity index (χ0n) is 18.9. The topological polar surface area (TPSA) is 52.1 Å². The van der Waals surface area contributed by atoms with Gasteiger partial charge in [-0.15, -0.1) is 24.0 Å². The quantitative estimate of drug-likeness (QED) is 0.322. The van der Waals surface area contributed by atoms with Crippen molar-refractivity contribution in [2.24, 2.45) is 10.9 Å². The van der Waals surface area contributed by atoms with E-state index in [0.29, 0.717) is 6.04 Å². The van der Waals surface area contributed by atoms with Crippen LogP contribution < -0.4 is 20.3 Å². The summed E-state index contributed by atoms with van der Waals surface area (Å²) in [5.41, 5.74) is 1.23. The average Bonchev–Trinajstić information content (AvgIpc) is 2.79. The van der Waals surface area contributed by atoms with Crippen LogP contribution in [0.25, 0.3) is 0 Å². The molecule has 0 amide bonds. The number of guanidine groups is 1. The van der Waals surface area contributed by atoms with Gasteiger partial charge >= 0.3 is 0 Å². The van der Waals surface area contributed by atoms with Crippen molar-refractivity contribution in [2.75, 3.05) is 58.3 Å². The Balaban J connectivity index is 0.00000320. The summed E-state index contributed by atoms with van der Waals surface area (Å²) in [6, 6.07) is 8.77. The summed E-state index contributed by atoms with van der Waals surface area (Å²) in [6.07, 6.45) is 6.26. The van der Waals surface area contributed by atoms with E-state index in [0.717, 1.165) is 37.3 Å². The molecule has 3 rings (SSSR count). The zero-order chi connectivity index (χ0) is 20.5. The standard InChI is InChI=1S/C23H39N5O.HI/c1-4-27-15-11-19(12-16-27)10-13-25-23(24-2)26-20-7-6-14-28(18-20)21-8-5-9-22(17-21)29-3;/h5,8-9,17,19-20H,4,6-7,10-16,18H2,1-3H3,(H2,24,25,26);1H. The van der Waals surface area contributed by atoms with E-state index in [1.54, 1.807) is 7.11 Å². The number of nitrogens with one attached hydrogen (secondary N) is 2. The van der Waals surface area contributed by atoms with Gasteiger partial charge in [0.15, 0.2) is 5.96 Å². The number of likely N-dealkylation sites (tertiary alicyclic amines) is 1. The first-order chi connectivity index (χ1) is 14.2. The molecule has 2 saturated heterocycles. The Morgan fingerprint density at radius 1 is 1.20 bits per heavy atom. The molecule has 2 aliphatic rings. The van der Waals surface area contributed by atoms with Crippen LogP contribution in [-0.4, -0.2) is 70.3 Å². The molecular formula is C23H40IN5O. The fraction of sp³-hybridized carbons (Fsp3) is 0.696. The highest BCUT2D eigenvalue weighted by molar-refractivity contribution is 14.0. The molecule has 2 heterocycles. The Labute approximate surface area is 199 Å². The second kappa shape index (κ2) is 13.2. The molecule has 1 atom stereocenters. The van der Waals surface area contributed by atoms with Crippen molar-refractivity contribution in [1.29, 1.82) is 0 Å². The third-order valence-corrected chi connectivity index (χ3v) is 6.40. The first-order valence-corrected chi connectivity index (χ1v) is 11.3. The van der Waals surface area contributed by atoms with Crippen LogP contribution in [0.4, 0.5) is 5.69 Å². The lowest BCUT2D eigenvalue weighted by Crippen LogP contribution is -2.51. The van der Waals surface area contributed by atoms with Gasteiger partial charge in [-0.2, -0.15) is 0 Å². The maximum Gasteiger partial charge on any atom is 0.191 e. The normalized spacial score (nSPS) is 21.1. The van der Waals surface area contributed by atoms with Crippen LogP contribution in [0.3, 0.4) is 0 Å². The van der Waals surface area contributed by atoms with E-state index in [1.165, 1.54) is 57.4 Å². The number of aliphatic imine (C=N–C) groups is 1. The highest BCUT2D eigenvalue weighted by Crippen LogP contribution is 2.24. The van der Waals surface area contributed by atoms with E-state index in [-0.39, 0.29) is 24.0 Å². The summed E-state index contributed by atoms with van der Waals surface area (Å²) in [6.45, 7) is 9.06. The number of methoxy groups -OCH3 is 1. The van der Waals surface area contributed by atoms with Crippen molar-refractivity contribution in [1.82, 2.24) is 15.5 Å². The van der Waals surface area contributed by atoms with Crippen LogP contribution in [0.2, 0.25) is 0 Å². The molecule has 0 aromatic heterocycles. The molecule has 6 nitrogen and oxygen atoms in total. The van der Waals surface area contributed by atoms with E-state index >= 15 is 0 Å². The number of nitrogens with zero attached hydrogens (tertiary/aromatic N) is 3. The van der Waals surface area contributed by atoms with Gasteiger partial charge in [-0.1, -0.05) is 13.0 Å². The van der Waals surface area contributed by atoms with Crippen molar-refractivity contribution in [2.45, 2.75) is 45.1 Å². The van der Waals surface area contributed by atoms with Gasteiger partial charge in [-0.25, -0.2) is 0 Å². The lowest BCUT2D eigenvalue weighted by atomic mass is 9.93. The minimum atomic E-state index is 0. The van der Waals surface area contributed by atoms with Crippen LogP contribution in [0.1, 0.15) is 39.0 Å². The van der Waals surface area contributed by atoms with E-state index in [1.807, 2.05) is 13.1 Å². The molecule has 0 spiro atoms. The van der Waals surface area contributed by atoms with Crippen molar-refractivity contribution in [3.05, 3.63) is 24.3 Å². The summed E-state index contributed by atoms with van der Waals surface area (Å²) in [5, 5.41) is 7.19. The molecule has 1 unspecified atom stereocenters. The summed E-state index contributed by atoms with van der Waals surface area (Å²) in [5.74, 6) is 2.70. The summed E-state index contributed by atoms with van der Waals surface area (Å²) < 4.78 is 5.39. The predicted octanol–water partition coefficient (Wildman–Crippen LogP) is 3.57. The summed E-state index contributed by atoms with van der Waals surface area (Å²) in [7, 11) is 3.60. The number of piperidine rings is 2. The van der Waals surface area contributed by atoms with Crippen LogP contribution in [0.15, 0.2) is 29.3 Å². The average molecular weight is 530 g/mol. The molecule has 0 saturated carbocycles. The highest BCUT2D eigenvalue weighted by Gasteiger charge is 2.22. The molecule has 2 fully saturated rings. The summed E-state index contributed by atoms with van der Waals surface area (Å²) >= 11 is 0. The van der Waals surface area contributed by atoms with Crippen molar-refractivity contribution >= 4 is 35.6 Å². The SMILES string of the molecule is CCN1CCC(CCNC(=NC)NC2CCCN(c3cccc(OC)c3)C2)CC1.I. The number of hydrogen-bond donors (Lipinski definition) is 2. The van der Waals surface area contributed by atoms with E-state index < -0.39 is 0 Å². The Hall–Kier alpha value is -1.22. The first kappa shape index (κ1) is 25.0. The van der Waals surface area contributed by atoms with Crippen molar-refractivity contribution in [3.63, 3.8) is 0 Å². The second-order valence-corrected chi connectivity index (χ2v) is 8.30. The van der Waals surface area contributed by atoms with Crippen molar-refractivity contribution in [3.8, 4) is 5.75 Å². The fourth-order valence-corrected chi connectivity index (χ4v) is 4.51. The molecule has 0 bridgehead atoms. The Bertz CT molecular complexity index is 648. The molecule has 1 aromatic rings. The molecule has 0 aliphatic carbocycles. The van der Waals surface area contributed by atoms with Crippen LogP contribution in [-0.2, 0) is 0 Å². The molecule has 1 aromatic carbocycles. The molecule has 7 heteroatoms. The number of hydrogen-bond acceptors (Lipinski definition) is 4. The number of halogens is 1. The zero-order valence-corrected chi connectivity index (χ0v) is 21.2. The lowest BCUT2D eigenvalue weighted by Gasteiger charge is -2.35. The minimum absolute atomic E-state index is 0. The Morgan fingerprint density at radius 3 is 2.70 bits per heavy atom. The van der Waals surface area contributed by atoms with Gasteiger partial charge in [0.2, 0.25) is 0 Å². The summed E-state index contributed by atoms with van der Waals surface area (Å²) in [4.78, 5) is 9.46. The lowest BCUT2D eigenvalue weighted by molar-refractivity contribution is 0.187. The van der Waals surface area contributed by atoms with Gasteiger partial charge in [0, 0.05) is 44.5 Å². The van der Waals surface area contributed by atoms with E-state index in [9.17, 15) is 0 Å². The Kier molecular flexibility index (Phi) is 11.1. The second-order valence-electron chi connectivity index (χ2n) is 8.30. The van der Waals surface area contributed by atoms with Gasteiger partial charge in [0.1, 0.15) is 5.75 Å². The van der Waals surface area contributed by atoms with E-state index in [4.69, 9.17) is 4.74 Å². The molecule has 2 aliphatic heterocycles. The van der Waals surface area contributed by atoms with Gasteiger partial charge in [-0.3, -0.25) is 4.99 Å². The molecular weight excluding hydrogens is 489 g/mol. The maximum atomic E-state index is 5.39. The molecule has 0 radical (unpaired) electrons. The number of anilines is 1. The third-order valence-electron chi connectivity index (χ3n) is 6.40. The molecule has 2 N–H and O–H groups in total. The Morgan fingerprint density at radius 2 is 2.00 bits per heavy atom. The fourth-order valence-electron chi connectivity index (χ4n) is 4.51. The van der Waals surface area contributed by atoms with Gasteiger partial charge in [0.25, 0.3) is 0 Å². The van der Waals surface area contributed by atoms with Gasteiger partial charge in [0.05, 0.1) is 7.11 Å². The van der Waals surface area contributed by atoms with Gasteiger partial charge in [-0.05, 0) is 69.8 Å². The number of ether oxygens (including phenoxy) is 1. The number of rotatable bonds is 7. The largest absolute Gasteiger partial charge is 0.497 e. The molecule has 30 heavy (non-hydrogen) atoms. The van der Waals surface area contributed by atoms with Crippen LogP contribution >= 0.6 is 24.0 Å². The predicted molar refractivity (Wildman–Crippen MR) is 138 cm³/mol. The smallest absolute Gasteiger partial charge is 0.191 e. The third kappa shape index (κ3) is 7.48. The molecule has 170 valence electrons. The van der Waals surface area contributed by atoms with Crippen molar-refractivity contribution < 1.29 is 4.74 Å². The van der Waals surface area contributed by atoms with Crippen LogP contribution in [0.5, 0.6) is 5.75 Å². The maximum absolute atomic E-state index is 5.39. The highest BCUT2D eigenvalue weighted by atomic mass is 127. The first-order valence-electron chi connectivity index (χ1n) is 11.3.